The third-order valence-corrected chi connectivity index (χ3v) is 6.61. The lowest BCUT2D eigenvalue weighted by Gasteiger charge is -2.10. The number of sulfonamides is 1. The summed E-state index contributed by atoms with van der Waals surface area (Å²) in [4.78, 5) is 0.0813. The fourth-order valence-electron chi connectivity index (χ4n) is 3.13. The van der Waals surface area contributed by atoms with E-state index in [9.17, 15) is 8.42 Å². The number of aromatic nitrogens is 4. The molecule has 0 radical (unpaired) electrons. The maximum Gasteiger partial charge on any atom is 0.244 e. The number of methoxy groups -OCH3 is 1. The Labute approximate surface area is 190 Å². The molecule has 2 N–H and O–H groups in total. The minimum atomic E-state index is -3.74. The maximum absolute atomic E-state index is 12.6. The SMILES string of the molecule is COc1ccccc1S(=O)(=O)NCCc1nnc2ccc(NCc3ccccc3Cl)nn12. The molecule has 0 atom stereocenters. The second-order valence-corrected chi connectivity index (χ2v) is 8.99. The fraction of sp³-hybridized carbons (Fsp3) is 0.190. The van der Waals surface area contributed by atoms with E-state index in [0.717, 1.165) is 5.56 Å². The Kier molecular flexibility index (Phi) is 6.54. The topological polar surface area (TPSA) is 111 Å². The Morgan fingerprint density at radius 1 is 1.03 bits per heavy atom. The Bertz CT molecular complexity index is 1340. The summed E-state index contributed by atoms with van der Waals surface area (Å²) in [6, 6.07) is 17.6. The molecule has 0 bridgehead atoms. The highest BCUT2D eigenvalue weighted by atomic mass is 35.5. The van der Waals surface area contributed by atoms with E-state index < -0.39 is 10.0 Å². The summed E-state index contributed by atoms with van der Waals surface area (Å²) in [6.45, 7) is 0.633. The first-order valence-corrected chi connectivity index (χ1v) is 11.7. The van der Waals surface area contributed by atoms with Crippen molar-refractivity contribution >= 4 is 33.1 Å². The lowest BCUT2D eigenvalue weighted by Crippen LogP contribution is -2.27. The van der Waals surface area contributed by atoms with Gasteiger partial charge in [0.2, 0.25) is 10.0 Å². The van der Waals surface area contributed by atoms with E-state index >= 15 is 0 Å². The normalized spacial score (nSPS) is 11.6. The van der Waals surface area contributed by atoms with Gasteiger partial charge in [-0.05, 0) is 35.9 Å². The lowest BCUT2D eigenvalue weighted by molar-refractivity contribution is 0.402. The molecule has 0 aliphatic heterocycles. The highest BCUT2D eigenvalue weighted by Gasteiger charge is 2.19. The van der Waals surface area contributed by atoms with Crippen molar-refractivity contribution in [3.63, 3.8) is 0 Å². The van der Waals surface area contributed by atoms with Crippen LogP contribution in [0.5, 0.6) is 5.75 Å². The van der Waals surface area contributed by atoms with Crippen LogP contribution in [0.3, 0.4) is 0 Å². The molecule has 0 aliphatic carbocycles. The number of benzene rings is 2. The molecular formula is C21H21ClN6O3S. The average Bonchev–Trinajstić information content (AvgIpc) is 3.20. The van der Waals surface area contributed by atoms with E-state index in [2.05, 4.69) is 25.3 Å². The van der Waals surface area contributed by atoms with E-state index in [1.807, 2.05) is 24.3 Å². The highest BCUT2D eigenvalue weighted by molar-refractivity contribution is 7.89. The van der Waals surface area contributed by atoms with E-state index in [4.69, 9.17) is 16.3 Å². The third-order valence-electron chi connectivity index (χ3n) is 4.74. The van der Waals surface area contributed by atoms with Crippen molar-refractivity contribution in [1.29, 1.82) is 0 Å². The molecule has 2 heterocycles. The van der Waals surface area contributed by atoms with Gasteiger partial charge in [-0.2, -0.15) is 4.52 Å². The van der Waals surface area contributed by atoms with Crippen LogP contribution in [0.2, 0.25) is 5.02 Å². The van der Waals surface area contributed by atoms with Gasteiger partial charge in [0.05, 0.1) is 7.11 Å². The van der Waals surface area contributed by atoms with Crippen molar-refractivity contribution in [2.75, 3.05) is 19.0 Å². The summed E-state index contributed by atoms with van der Waals surface area (Å²) in [7, 11) is -2.31. The van der Waals surface area contributed by atoms with Crippen LogP contribution in [0.1, 0.15) is 11.4 Å². The monoisotopic (exact) mass is 472 g/mol. The standard InChI is InChI=1S/C21H21ClN6O3S/c1-31-17-8-4-5-9-18(17)32(29,30)24-13-12-21-26-25-20-11-10-19(27-28(20)21)23-14-15-6-2-3-7-16(15)22/h2-11,24H,12-14H2,1H3,(H,23,27). The number of ether oxygens (including phenoxy) is 1. The molecule has 9 nitrogen and oxygen atoms in total. The van der Waals surface area contributed by atoms with Crippen LogP contribution < -0.4 is 14.8 Å². The van der Waals surface area contributed by atoms with Crippen LogP contribution in [-0.4, -0.2) is 41.9 Å². The summed E-state index contributed by atoms with van der Waals surface area (Å²) in [5.41, 5.74) is 1.52. The minimum Gasteiger partial charge on any atom is -0.495 e. The van der Waals surface area contributed by atoms with Gasteiger partial charge in [-0.3, -0.25) is 0 Å². The van der Waals surface area contributed by atoms with Crippen molar-refractivity contribution in [2.45, 2.75) is 17.9 Å². The van der Waals surface area contributed by atoms with Crippen LogP contribution in [-0.2, 0) is 23.0 Å². The zero-order chi connectivity index (χ0) is 22.6. The molecule has 4 rings (SSSR count). The molecule has 166 valence electrons. The zero-order valence-corrected chi connectivity index (χ0v) is 18.8. The van der Waals surface area contributed by atoms with E-state index in [0.29, 0.717) is 35.3 Å². The lowest BCUT2D eigenvalue weighted by atomic mass is 10.2. The second-order valence-electron chi connectivity index (χ2n) is 6.85. The third kappa shape index (κ3) is 4.82. The van der Waals surface area contributed by atoms with Crippen molar-refractivity contribution in [3.05, 3.63) is 77.1 Å². The average molecular weight is 473 g/mol. The van der Waals surface area contributed by atoms with Crippen molar-refractivity contribution in [3.8, 4) is 5.75 Å². The van der Waals surface area contributed by atoms with Crippen LogP contribution >= 0.6 is 11.6 Å². The first-order chi connectivity index (χ1) is 15.5. The Balaban J connectivity index is 1.44. The largest absolute Gasteiger partial charge is 0.495 e. The summed E-state index contributed by atoms with van der Waals surface area (Å²) >= 11 is 6.20. The van der Waals surface area contributed by atoms with Gasteiger partial charge in [0.15, 0.2) is 11.5 Å². The molecule has 2 aromatic heterocycles. The molecule has 0 amide bonds. The number of rotatable bonds is 9. The molecule has 4 aromatic rings. The van der Waals surface area contributed by atoms with Gasteiger partial charge in [0.25, 0.3) is 0 Å². The quantitative estimate of drug-likeness (QED) is 0.385. The van der Waals surface area contributed by atoms with Crippen LogP contribution in [0, 0.1) is 0 Å². The van der Waals surface area contributed by atoms with E-state index in [-0.39, 0.29) is 17.2 Å². The summed E-state index contributed by atoms with van der Waals surface area (Å²) in [5.74, 6) is 1.43. The number of hydrogen-bond acceptors (Lipinski definition) is 7. The zero-order valence-electron chi connectivity index (χ0n) is 17.2. The number of fused-ring (bicyclic) bond motifs is 1. The molecule has 11 heteroatoms. The van der Waals surface area contributed by atoms with Gasteiger partial charge >= 0.3 is 0 Å². The molecule has 0 aliphatic rings. The molecular weight excluding hydrogens is 452 g/mol. The molecule has 32 heavy (non-hydrogen) atoms. The minimum absolute atomic E-state index is 0.0813. The Hall–Kier alpha value is -3.21. The number of hydrogen-bond donors (Lipinski definition) is 2. The van der Waals surface area contributed by atoms with Crippen molar-refractivity contribution in [2.24, 2.45) is 0 Å². The molecule has 0 fully saturated rings. The van der Waals surface area contributed by atoms with Crippen LogP contribution in [0.25, 0.3) is 5.65 Å². The smallest absolute Gasteiger partial charge is 0.244 e. The molecule has 0 spiro atoms. The number of halogens is 1. The van der Waals surface area contributed by atoms with Gasteiger partial charge in [0.1, 0.15) is 16.5 Å². The van der Waals surface area contributed by atoms with Gasteiger partial charge in [-0.15, -0.1) is 15.3 Å². The van der Waals surface area contributed by atoms with Crippen molar-refractivity contribution < 1.29 is 13.2 Å². The predicted octanol–water partition coefficient (Wildman–Crippen LogP) is 2.92. The Morgan fingerprint density at radius 2 is 1.81 bits per heavy atom. The van der Waals surface area contributed by atoms with E-state index in [1.54, 1.807) is 34.8 Å². The highest BCUT2D eigenvalue weighted by Crippen LogP contribution is 2.22. The number of nitrogens with one attached hydrogen (secondary N) is 2. The molecule has 0 saturated carbocycles. The number of anilines is 1. The molecule has 0 unspecified atom stereocenters. The second kappa shape index (κ2) is 9.51. The van der Waals surface area contributed by atoms with Gasteiger partial charge < -0.3 is 10.1 Å². The van der Waals surface area contributed by atoms with Crippen LogP contribution in [0.4, 0.5) is 5.82 Å². The Morgan fingerprint density at radius 3 is 2.62 bits per heavy atom. The first kappa shape index (κ1) is 22.0. The molecule has 0 saturated heterocycles. The summed E-state index contributed by atoms with van der Waals surface area (Å²) < 4.78 is 34.6. The first-order valence-electron chi connectivity index (χ1n) is 9.79. The van der Waals surface area contributed by atoms with Crippen molar-refractivity contribution in [1.82, 2.24) is 24.5 Å². The summed E-state index contributed by atoms with van der Waals surface area (Å²) in [5, 5.41) is 16.7. The van der Waals surface area contributed by atoms with Gasteiger partial charge in [-0.1, -0.05) is 41.9 Å². The molecule has 2 aromatic carbocycles. The number of para-hydroxylation sites is 1. The predicted molar refractivity (Wildman–Crippen MR) is 121 cm³/mol. The maximum atomic E-state index is 12.6. The van der Waals surface area contributed by atoms with Gasteiger partial charge in [0, 0.05) is 24.5 Å². The van der Waals surface area contributed by atoms with E-state index in [1.165, 1.54) is 13.2 Å². The number of nitrogens with zero attached hydrogens (tertiary/aromatic N) is 4. The fourth-order valence-corrected chi connectivity index (χ4v) is 4.53. The van der Waals surface area contributed by atoms with Crippen LogP contribution in [0.15, 0.2) is 65.6 Å². The van der Waals surface area contributed by atoms with Gasteiger partial charge in [-0.25, -0.2) is 13.1 Å². The summed E-state index contributed by atoms with van der Waals surface area (Å²) in [6.07, 6.45) is 0.302.